The average molecular weight is 366 g/mol. The smallest absolute Gasteiger partial charge is 0.252 e. The zero-order chi connectivity index (χ0) is 20.7. The van der Waals surface area contributed by atoms with Gasteiger partial charge in [-0.05, 0) is 17.7 Å². The molecule has 0 saturated carbocycles. The molecule has 9 heteroatoms. The number of fused-ring (bicyclic) bond motifs is 1. The molecule has 1 amide bonds. The standard InChI is InChI=1S/C20H14B5N3O/c21-15-14(16(22)18(24)19(25)17(15)23)13-5-11(10-3-1-2-4-12(10)28-13)20(29)27-8-9-6-26-7-9/h1-5,9,26H,6-8H2,(H,27,29). The Labute approximate surface area is 176 Å². The predicted molar refractivity (Wildman–Crippen MR) is 123 cm³/mol. The molecule has 0 spiro atoms. The van der Waals surface area contributed by atoms with Gasteiger partial charge in [0.05, 0.1) is 16.8 Å². The summed E-state index contributed by atoms with van der Waals surface area (Å²) in [6.45, 7) is 2.41. The third-order valence-electron chi connectivity index (χ3n) is 5.33. The Hall–Kier alpha value is -2.40. The van der Waals surface area contributed by atoms with Gasteiger partial charge in [0.25, 0.3) is 5.91 Å². The first kappa shape index (κ1) is 19.9. The van der Waals surface area contributed by atoms with Gasteiger partial charge in [0.2, 0.25) is 0 Å². The SMILES string of the molecule is [B]c1c([B])c([B])c(-c2cc(C(=O)NCC3CNC3)c3ccccc3n2)c([B])c1[B]. The summed E-state index contributed by atoms with van der Waals surface area (Å²) in [6, 6.07) is 9.04. The number of carbonyl (C=O) groups excluding carboxylic acids is 1. The molecule has 4 nitrogen and oxygen atoms in total. The van der Waals surface area contributed by atoms with Crippen LogP contribution in [0.3, 0.4) is 0 Å². The van der Waals surface area contributed by atoms with Gasteiger partial charge in [-0.15, -0.1) is 16.4 Å². The number of carbonyl (C=O) groups is 1. The van der Waals surface area contributed by atoms with Crippen LogP contribution >= 0.6 is 0 Å². The predicted octanol–water partition coefficient (Wildman–Crippen LogP) is -3.18. The van der Waals surface area contributed by atoms with Gasteiger partial charge in [-0.1, -0.05) is 29.1 Å². The normalized spacial score (nSPS) is 13.9. The summed E-state index contributed by atoms with van der Waals surface area (Å²) in [7, 11) is 30.3. The lowest BCUT2D eigenvalue weighted by Gasteiger charge is -2.27. The highest BCUT2D eigenvalue weighted by molar-refractivity contribution is 6.68. The second kappa shape index (κ2) is 7.79. The molecular weight excluding hydrogens is 352 g/mol. The van der Waals surface area contributed by atoms with E-state index in [9.17, 15) is 4.79 Å². The highest BCUT2D eigenvalue weighted by Crippen LogP contribution is 2.23. The van der Waals surface area contributed by atoms with Crippen molar-refractivity contribution in [1.82, 2.24) is 15.6 Å². The third kappa shape index (κ3) is 3.53. The van der Waals surface area contributed by atoms with Crippen molar-refractivity contribution in [2.24, 2.45) is 5.92 Å². The van der Waals surface area contributed by atoms with Crippen molar-refractivity contribution in [3.63, 3.8) is 0 Å². The van der Waals surface area contributed by atoms with Gasteiger partial charge in [-0.2, -0.15) is 0 Å². The van der Waals surface area contributed by atoms with Crippen molar-refractivity contribution in [3.05, 3.63) is 35.9 Å². The number of pyridine rings is 1. The first-order chi connectivity index (χ1) is 13.9. The maximum atomic E-state index is 13.0. The third-order valence-corrected chi connectivity index (χ3v) is 5.33. The van der Waals surface area contributed by atoms with Crippen molar-refractivity contribution in [1.29, 1.82) is 0 Å². The van der Waals surface area contributed by atoms with Gasteiger partial charge in [0.15, 0.2) is 0 Å². The van der Waals surface area contributed by atoms with Crippen molar-refractivity contribution >= 4 is 83.4 Å². The summed E-state index contributed by atoms with van der Waals surface area (Å²) in [5.74, 6) is 0.250. The minimum Gasteiger partial charge on any atom is -0.352 e. The molecule has 0 aliphatic carbocycles. The molecule has 2 aromatic carbocycles. The number of hydrogen-bond acceptors (Lipinski definition) is 3. The lowest BCUT2D eigenvalue weighted by molar-refractivity contribution is 0.0944. The Morgan fingerprint density at radius 1 is 1.00 bits per heavy atom. The van der Waals surface area contributed by atoms with Crippen LogP contribution in [0.1, 0.15) is 10.4 Å². The minimum absolute atomic E-state index is 0.136. The molecule has 4 rings (SSSR count). The Bertz CT molecular complexity index is 1100. The van der Waals surface area contributed by atoms with E-state index >= 15 is 0 Å². The van der Waals surface area contributed by atoms with Crippen molar-refractivity contribution in [2.45, 2.75) is 0 Å². The Balaban J connectivity index is 1.86. The van der Waals surface area contributed by atoms with Crippen LogP contribution in [0, 0.1) is 5.92 Å². The maximum absolute atomic E-state index is 13.0. The minimum atomic E-state index is -0.190. The molecule has 2 heterocycles. The quantitative estimate of drug-likeness (QED) is 0.479. The van der Waals surface area contributed by atoms with E-state index in [1.165, 1.54) is 0 Å². The fraction of sp³-hybridized carbons (Fsp3) is 0.200. The second-order valence-corrected chi connectivity index (χ2v) is 7.25. The highest BCUT2D eigenvalue weighted by Gasteiger charge is 2.20. The van der Waals surface area contributed by atoms with E-state index in [0.29, 0.717) is 34.8 Å². The van der Waals surface area contributed by atoms with Crippen LogP contribution in [-0.4, -0.2) is 69.8 Å². The van der Waals surface area contributed by atoms with E-state index in [1.54, 1.807) is 6.07 Å². The first-order valence-corrected chi connectivity index (χ1v) is 9.28. The van der Waals surface area contributed by atoms with Crippen molar-refractivity contribution < 1.29 is 4.79 Å². The number of nitrogens with zero attached hydrogens (tertiary/aromatic N) is 1. The van der Waals surface area contributed by atoms with Gasteiger partial charge < -0.3 is 10.6 Å². The van der Waals surface area contributed by atoms with Gasteiger partial charge >= 0.3 is 0 Å². The van der Waals surface area contributed by atoms with Gasteiger partial charge in [0.1, 0.15) is 39.2 Å². The fourth-order valence-electron chi connectivity index (χ4n) is 3.44. The van der Waals surface area contributed by atoms with Crippen LogP contribution in [0.5, 0.6) is 0 Å². The zero-order valence-electron chi connectivity index (χ0n) is 15.8. The molecule has 1 fully saturated rings. The number of hydrogen-bond donors (Lipinski definition) is 2. The molecule has 0 bridgehead atoms. The van der Waals surface area contributed by atoms with Crippen LogP contribution < -0.4 is 37.9 Å². The second-order valence-electron chi connectivity index (χ2n) is 7.25. The van der Waals surface area contributed by atoms with Crippen LogP contribution in [0.25, 0.3) is 22.2 Å². The summed E-state index contributed by atoms with van der Waals surface area (Å²) in [5.41, 5.74) is 2.68. The molecular formula is C20H14B5N3O. The molecule has 3 aromatic rings. The molecule has 10 radical (unpaired) electrons. The van der Waals surface area contributed by atoms with Crippen LogP contribution in [0.2, 0.25) is 0 Å². The Morgan fingerprint density at radius 2 is 1.62 bits per heavy atom. The molecule has 2 N–H and O–H groups in total. The number of para-hydroxylation sites is 1. The first-order valence-electron chi connectivity index (χ1n) is 9.28. The summed E-state index contributed by atoms with van der Waals surface area (Å²) in [5, 5.41) is 6.91. The molecule has 130 valence electrons. The lowest BCUT2D eigenvalue weighted by atomic mass is 9.60. The van der Waals surface area contributed by atoms with Crippen LogP contribution in [0.4, 0.5) is 0 Å². The van der Waals surface area contributed by atoms with Crippen molar-refractivity contribution in [3.8, 4) is 11.3 Å². The highest BCUT2D eigenvalue weighted by atomic mass is 16.1. The van der Waals surface area contributed by atoms with Crippen molar-refractivity contribution in [2.75, 3.05) is 19.6 Å². The Kier molecular flexibility index (Phi) is 5.35. The van der Waals surface area contributed by atoms with E-state index in [0.717, 1.165) is 18.5 Å². The van der Waals surface area contributed by atoms with Crippen LogP contribution in [0.15, 0.2) is 30.3 Å². The Morgan fingerprint density at radius 3 is 2.24 bits per heavy atom. The monoisotopic (exact) mass is 367 g/mol. The van der Waals surface area contributed by atoms with E-state index in [4.69, 9.17) is 39.2 Å². The van der Waals surface area contributed by atoms with Gasteiger partial charge in [-0.3, -0.25) is 4.79 Å². The molecule has 0 unspecified atom stereocenters. The number of benzene rings is 2. The summed E-state index contributed by atoms with van der Waals surface area (Å²) in [6.07, 6.45) is 0. The molecule has 29 heavy (non-hydrogen) atoms. The van der Waals surface area contributed by atoms with Crippen LogP contribution in [-0.2, 0) is 0 Å². The lowest BCUT2D eigenvalue weighted by Crippen LogP contribution is -2.55. The van der Waals surface area contributed by atoms with E-state index in [2.05, 4.69) is 15.6 Å². The van der Waals surface area contributed by atoms with E-state index in [-0.39, 0.29) is 33.2 Å². The molecule has 1 aliphatic heterocycles. The largest absolute Gasteiger partial charge is 0.352 e. The van der Waals surface area contributed by atoms with Gasteiger partial charge in [-0.25, -0.2) is 4.98 Å². The summed E-state index contributed by atoms with van der Waals surface area (Å²) in [4.78, 5) is 17.6. The molecule has 1 aromatic heterocycles. The fourth-order valence-corrected chi connectivity index (χ4v) is 3.44. The molecule has 1 aliphatic rings. The van der Waals surface area contributed by atoms with E-state index in [1.807, 2.05) is 24.3 Å². The topological polar surface area (TPSA) is 54.0 Å². The summed E-state index contributed by atoms with van der Waals surface area (Å²) < 4.78 is 0. The number of aromatic nitrogens is 1. The van der Waals surface area contributed by atoms with E-state index < -0.39 is 0 Å². The summed E-state index contributed by atoms with van der Waals surface area (Å²) >= 11 is 0. The molecule has 1 saturated heterocycles. The van der Waals surface area contributed by atoms with Gasteiger partial charge in [0, 0.05) is 30.9 Å². The average Bonchev–Trinajstić information content (AvgIpc) is 2.69. The molecule has 0 atom stereocenters. The number of amides is 1. The number of rotatable bonds is 4. The number of nitrogens with one attached hydrogen (secondary N) is 2. The maximum Gasteiger partial charge on any atom is 0.252 e. The zero-order valence-corrected chi connectivity index (χ0v) is 15.8.